The first-order valence-electron chi connectivity index (χ1n) is 8.68. The number of rotatable bonds is 10. The molecule has 2 aromatic rings. The first-order valence-corrected chi connectivity index (χ1v) is 8.68. The van der Waals surface area contributed by atoms with Gasteiger partial charge < -0.3 is 4.74 Å². The zero-order valence-electron chi connectivity index (χ0n) is 14.9. The first kappa shape index (κ1) is 19.8. The summed E-state index contributed by atoms with van der Waals surface area (Å²) < 4.78 is 5.51. The second-order valence-corrected chi connectivity index (χ2v) is 5.70. The van der Waals surface area contributed by atoms with Gasteiger partial charge in [-0.05, 0) is 37.5 Å². The van der Waals surface area contributed by atoms with Crippen molar-refractivity contribution in [3.63, 3.8) is 0 Å². The average Bonchev–Trinajstić information content (AvgIpc) is 2.70. The molecule has 0 radical (unpaired) electrons. The van der Waals surface area contributed by atoms with E-state index in [1.165, 1.54) is 6.07 Å². The van der Waals surface area contributed by atoms with Gasteiger partial charge in [-0.25, -0.2) is 0 Å². The molecule has 1 N–H and O–H groups in total. The van der Waals surface area contributed by atoms with Crippen LogP contribution in [0.25, 0.3) is 0 Å². The zero-order valence-corrected chi connectivity index (χ0v) is 14.9. The van der Waals surface area contributed by atoms with Gasteiger partial charge in [0, 0.05) is 30.6 Å². The summed E-state index contributed by atoms with van der Waals surface area (Å²) in [4.78, 5) is 18.9. The topological polar surface area (TPSA) is 113 Å². The molecule has 140 valence electrons. The maximum absolute atomic E-state index is 10.9. The number of nitro groups is 1. The molecule has 2 rings (SSSR count). The van der Waals surface area contributed by atoms with Crippen molar-refractivity contribution in [3.05, 3.63) is 64.5 Å². The summed E-state index contributed by atoms with van der Waals surface area (Å²) in [6.07, 6.45) is 8.79. The number of nitrogens with one attached hydrogen (secondary N) is 1. The lowest BCUT2D eigenvalue weighted by Gasteiger charge is -2.06. The number of aliphatic imine (C=N–C) groups is 1. The molecule has 0 amide bonds. The maximum atomic E-state index is 10.9. The van der Waals surface area contributed by atoms with E-state index in [1.54, 1.807) is 36.7 Å². The normalized spacial score (nSPS) is 10.9. The lowest BCUT2D eigenvalue weighted by molar-refractivity contribution is -0.385. The van der Waals surface area contributed by atoms with E-state index < -0.39 is 4.92 Å². The number of ether oxygens (including phenoxy) is 1. The van der Waals surface area contributed by atoms with Crippen molar-refractivity contribution in [2.45, 2.75) is 25.7 Å². The van der Waals surface area contributed by atoms with Gasteiger partial charge >= 0.3 is 5.69 Å². The fraction of sp³-hybridized carbons (Fsp3) is 0.316. The largest absolute Gasteiger partial charge is 0.487 e. The summed E-state index contributed by atoms with van der Waals surface area (Å²) in [7, 11) is 0. The molecule has 0 fully saturated rings. The van der Waals surface area contributed by atoms with Crippen LogP contribution in [0, 0.1) is 21.6 Å². The highest BCUT2D eigenvalue weighted by atomic mass is 16.6. The molecule has 0 spiro atoms. The summed E-state index contributed by atoms with van der Waals surface area (Å²) in [6.45, 7) is 1.04. The van der Waals surface area contributed by atoms with Crippen molar-refractivity contribution in [2.75, 3.05) is 13.2 Å². The van der Waals surface area contributed by atoms with Gasteiger partial charge in [-0.2, -0.15) is 5.26 Å². The SMILES string of the molecule is N#CNC(=NCCCCCCOc1ccccc1[N+](=O)[O-])c1cccnc1. The highest BCUT2D eigenvalue weighted by Crippen LogP contribution is 2.25. The molecule has 0 atom stereocenters. The van der Waals surface area contributed by atoms with Crippen LogP contribution in [-0.2, 0) is 0 Å². The third kappa shape index (κ3) is 6.74. The van der Waals surface area contributed by atoms with Crippen LogP contribution in [0.3, 0.4) is 0 Å². The second kappa shape index (κ2) is 11.2. The quantitative estimate of drug-likeness (QED) is 0.131. The van der Waals surface area contributed by atoms with E-state index in [9.17, 15) is 10.1 Å². The molecular weight excluding hydrogens is 346 g/mol. The minimum atomic E-state index is -0.442. The highest BCUT2D eigenvalue weighted by Gasteiger charge is 2.12. The van der Waals surface area contributed by atoms with Gasteiger partial charge in [-0.3, -0.25) is 25.4 Å². The van der Waals surface area contributed by atoms with E-state index in [1.807, 2.05) is 12.3 Å². The Morgan fingerprint density at radius 3 is 2.78 bits per heavy atom. The van der Waals surface area contributed by atoms with Crippen molar-refractivity contribution in [1.82, 2.24) is 10.3 Å². The fourth-order valence-corrected chi connectivity index (χ4v) is 2.43. The Morgan fingerprint density at radius 1 is 1.22 bits per heavy atom. The Balaban J connectivity index is 1.67. The Kier molecular flexibility index (Phi) is 8.24. The minimum Gasteiger partial charge on any atom is -0.487 e. The van der Waals surface area contributed by atoms with E-state index in [-0.39, 0.29) is 5.69 Å². The van der Waals surface area contributed by atoms with Crippen molar-refractivity contribution in [3.8, 4) is 11.9 Å². The zero-order chi connectivity index (χ0) is 19.3. The maximum Gasteiger partial charge on any atom is 0.310 e. The van der Waals surface area contributed by atoms with Gasteiger partial charge in [0.15, 0.2) is 11.9 Å². The second-order valence-electron chi connectivity index (χ2n) is 5.70. The Morgan fingerprint density at radius 2 is 2.04 bits per heavy atom. The van der Waals surface area contributed by atoms with Gasteiger partial charge in [-0.15, -0.1) is 0 Å². The molecule has 0 saturated carbocycles. The molecular formula is C19H21N5O3. The van der Waals surface area contributed by atoms with Crippen LogP contribution in [0.15, 0.2) is 53.8 Å². The minimum absolute atomic E-state index is 0.0141. The number of hydrogen-bond donors (Lipinski definition) is 1. The summed E-state index contributed by atoms with van der Waals surface area (Å²) in [5.74, 6) is 0.820. The number of nitro benzene ring substituents is 1. The van der Waals surface area contributed by atoms with E-state index in [2.05, 4.69) is 15.3 Å². The van der Waals surface area contributed by atoms with Crippen molar-refractivity contribution in [2.24, 2.45) is 4.99 Å². The number of unbranched alkanes of at least 4 members (excludes halogenated alkanes) is 3. The smallest absolute Gasteiger partial charge is 0.310 e. The number of amidine groups is 1. The van der Waals surface area contributed by atoms with Crippen LogP contribution in [0.1, 0.15) is 31.2 Å². The van der Waals surface area contributed by atoms with Crippen molar-refractivity contribution < 1.29 is 9.66 Å². The van der Waals surface area contributed by atoms with Crippen LogP contribution in [-0.4, -0.2) is 28.9 Å². The average molecular weight is 367 g/mol. The molecule has 1 aromatic heterocycles. The number of nitrogens with zero attached hydrogens (tertiary/aromatic N) is 4. The third-order valence-electron chi connectivity index (χ3n) is 3.75. The van der Waals surface area contributed by atoms with Crippen molar-refractivity contribution >= 4 is 11.5 Å². The highest BCUT2D eigenvalue weighted by molar-refractivity contribution is 5.99. The van der Waals surface area contributed by atoms with Crippen LogP contribution in [0.5, 0.6) is 5.75 Å². The molecule has 0 aliphatic rings. The van der Waals surface area contributed by atoms with Crippen LogP contribution in [0.4, 0.5) is 5.69 Å². The molecule has 27 heavy (non-hydrogen) atoms. The van der Waals surface area contributed by atoms with Gasteiger partial charge in [0.05, 0.1) is 11.5 Å². The molecule has 8 nitrogen and oxygen atoms in total. The molecule has 0 unspecified atom stereocenters. The molecule has 0 saturated heterocycles. The molecule has 0 bridgehead atoms. The number of benzene rings is 1. The molecule has 8 heteroatoms. The standard InChI is InChI=1S/C19H21N5O3/c20-15-23-19(16-8-7-11-21-14-16)22-12-5-1-2-6-13-27-18-10-4-3-9-17(18)24(25)26/h3-4,7-11,14H,1-2,5-6,12-13H2,(H,22,23). The molecule has 1 heterocycles. The predicted molar refractivity (Wildman–Crippen MR) is 101 cm³/mol. The predicted octanol–water partition coefficient (Wildman–Crippen LogP) is 3.45. The summed E-state index contributed by atoms with van der Waals surface area (Å²) >= 11 is 0. The van der Waals surface area contributed by atoms with E-state index >= 15 is 0 Å². The first-order chi connectivity index (χ1) is 13.2. The number of pyridine rings is 1. The lowest BCUT2D eigenvalue weighted by atomic mass is 10.2. The number of nitriles is 1. The summed E-state index contributed by atoms with van der Waals surface area (Å²) in [6, 6.07) is 10.0. The van der Waals surface area contributed by atoms with Crippen LogP contribution >= 0.6 is 0 Å². The Bertz CT molecular complexity index is 802. The summed E-state index contributed by atoms with van der Waals surface area (Å²) in [5.41, 5.74) is 0.761. The molecule has 0 aliphatic carbocycles. The number of hydrogen-bond acceptors (Lipinski definition) is 6. The summed E-state index contributed by atoms with van der Waals surface area (Å²) in [5, 5.41) is 22.3. The molecule has 1 aromatic carbocycles. The van der Waals surface area contributed by atoms with E-state index in [4.69, 9.17) is 10.00 Å². The van der Waals surface area contributed by atoms with Gasteiger partial charge in [-0.1, -0.05) is 18.6 Å². The number of para-hydroxylation sites is 2. The third-order valence-corrected chi connectivity index (χ3v) is 3.75. The Hall–Kier alpha value is -3.47. The molecule has 0 aliphatic heterocycles. The monoisotopic (exact) mass is 367 g/mol. The van der Waals surface area contributed by atoms with Gasteiger partial charge in [0.2, 0.25) is 0 Å². The number of aromatic nitrogens is 1. The van der Waals surface area contributed by atoms with Crippen LogP contribution < -0.4 is 10.1 Å². The van der Waals surface area contributed by atoms with E-state index in [0.717, 1.165) is 31.2 Å². The Labute approximate surface area is 157 Å². The lowest BCUT2D eigenvalue weighted by Crippen LogP contribution is -2.19. The van der Waals surface area contributed by atoms with Gasteiger partial charge in [0.1, 0.15) is 5.84 Å². The van der Waals surface area contributed by atoms with E-state index in [0.29, 0.717) is 24.7 Å². The van der Waals surface area contributed by atoms with Gasteiger partial charge in [0.25, 0.3) is 0 Å². The fourth-order valence-electron chi connectivity index (χ4n) is 2.43. The van der Waals surface area contributed by atoms with Crippen molar-refractivity contribution in [1.29, 1.82) is 5.26 Å². The van der Waals surface area contributed by atoms with Crippen LogP contribution in [0.2, 0.25) is 0 Å².